The highest BCUT2D eigenvalue weighted by atomic mass is 79.9. The third-order valence-electron chi connectivity index (χ3n) is 5.24. The van der Waals surface area contributed by atoms with Crippen molar-refractivity contribution in [1.82, 2.24) is 0 Å². The van der Waals surface area contributed by atoms with Crippen molar-refractivity contribution in [2.45, 2.75) is 39.4 Å². The van der Waals surface area contributed by atoms with E-state index in [1.807, 2.05) is 50.2 Å². The molecule has 0 aliphatic heterocycles. The van der Waals surface area contributed by atoms with Gasteiger partial charge in [-0.3, -0.25) is 9.13 Å². The first-order valence-electron chi connectivity index (χ1n) is 11.1. The molecule has 3 aromatic rings. The molecule has 0 spiro atoms. The van der Waals surface area contributed by atoms with Crippen molar-refractivity contribution in [3.05, 3.63) is 56.5 Å². The fourth-order valence-corrected chi connectivity index (χ4v) is 7.56. The highest BCUT2D eigenvalue weighted by Crippen LogP contribution is 2.52. The Morgan fingerprint density at radius 2 is 1.32 bits per heavy atom. The number of benzene rings is 3. The van der Waals surface area contributed by atoms with Crippen LogP contribution in [-0.4, -0.2) is 26.4 Å². The normalized spacial score (nSPS) is 12.8. The molecule has 0 bridgehead atoms. The van der Waals surface area contributed by atoms with Crippen LogP contribution < -0.4 is 0 Å². The number of hydrogen-bond donors (Lipinski definition) is 0. The number of rotatable bonds is 12. The van der Waals surface area contributed by atoms with E-state index in [1.54, 1.807) is 13.8 Å². The average molecular weight is 634 g/mol. The molecule has 0 saturated carbocycles. The van der Waals surface area contributed by atoms with Crippen LogP contribution in [0.3, 0.4) is 0 Å². The van der Waals surface area contributed by atoms with Crippen molar-refractivity contribution < 1.29 is 27.7 Å². The smallest absolute Gasteiger partial charge is 0.335 e. The monoisotopic (exact) mass is 632 g/mol. The minimum atomic E-state index is -3.22. The van der Waals surface area contributed by atoms with E-state index >= 15 is 0 Å². The van der Waals surface area contributed by atoms with Gasteiger partial charge in [-0.2, -0.15) is 0 Å². The first-order valence-corrected chi connectivity index (χ1v) is 15.2. The second-order valence-corrected chi connectivity index (χ2v) is 11.8. The maximum absolute atomic E-state index is 13.0. The van der Waals surface area contributed by atoms with Gasteiger partial charge in [0.15, 0.2) is 0 Å². The summed E-state index contributed by atoms with van der Waals surface area (Å²) < 4.78 is 49.5. The molecule has 34 heavy (non-hydrogen) atoms. The number of hydrogen-bond acceptors (Lipinski definition) is 6. The molecule has 6 nitrogen and oxygen atoms in total. The first kappa shape index (κ1) is 27.9. The highest BCUT2D eigenvalue weighted by Gasteiger charge is 2.36. The van der Waals surface area contributed by atoms with Crippen molar-refractivity contribution >= 4 is 69.5 Å². The Balaban J connectivity index is 2.16. The molecule has 0 unspecified atom stereocenters. The Morgan fingerprint density at radius 3 is 1.82 bits per heavy atom. The summed E-state index contributed by atoms with van der Waals surface area (Å²) in [4.78, 5) is 0. The zero-order valence-electron chi connectivity index (χ0n) is 19.6. The lowest BCUT2D eigenvalue weighted by atomic mass is 10.00. The van der Waals surface area contributed by atoms with E-state index in [4.69, 9.17) is 18.5 Å². The van der Waals surface area contributed by atoms with Crippen molar-refractivity contribution in [3.63, 3.8) is 0 Å². The third kappa shape index (κ3) is 5.66. The molecule has 0 saturated heterocycles. The van der Waals surface area contributed by atoms with Crippen LogP contribution in [0.25, 0.3) is 21.5 Å². The zero-order chi connectivity index (χ0) is 24.9. The lowest BCUT2D eigenvalue weighted by Gasteiger charge is -2.27. The fraction of sp³-hybridized carbons (Fsp3) is 0.417. The summed E-state index contributed by atoms with van der Waals surface area (Å²) in [5.41, 5.74) is 0.166. The van der Waals surface area contributed by atoms with Crippen molar-refractivity contribution in [1.29, 1.82) is 0 Å². The second kappa shape index (κ2) is 12.0. The molecule has 0 N–H and O–H groups in total. The molecule has 0 aliphatic rings. The van der Waals surface area contributed by atoms with Gasteiger partial charge in [0.05, 0.1) is 19.4 Å². The maximum atomic E-state index is 13.0. The summed E-state index contributed by atoms with van der Waals surface area (Å²) in [6.07, 6.45) is 0.194. The summed E-state index contributed by atoms with van der Waals surface area (Å²) in [5.74, 6) is 0. The van der Waals surface area contributed by atoms with Crippen molar-refractivity contribution in [2.24, 2.45) is 0 Å². The van der Waals surface area contributed by atoms with Gasteiger partial charge in [0, 0.05) is 27.7 Å². The minimum Gasteiger partial charge on any atom is -0.337 e. The second-order valence-electron chi connectivity index (χ2n) is 7.41. The Kier molecular flexibility index (Phi) is 9.87. The predicted octanol–water partition coefficient (Wildman–Crippen LogP) is 8.76. The van der Waals surface area contributed by atoms with Gasteiger partial charge in [-0.15, -0.1) is 0 Å². The Morgan fingerprint density at radius 1 is 0.794 bits per heavy atom. The van der Waals surface area contributed by atoms with E-state index in [-0.39, 0.29) is 14.6 Å². The summed E-state index contributed by atoms with van der Waals surface area (Å²) in [7, 11) is -3.49. The van der Waals surface area contributed by atoms with Crippen LogP contribution in [0, 0.1) is 0 Å². The van der Waals surface area contributed by atoms with Crippen LogP contribution >= 0.6 is 47.9 Å². The van der Waals surface area contributed by atoms with Crippen LogP contribution in [0.15, 0.2) is 45.3 Å². The largest absolute Gasteiger partial charge is 0.337 e. The van der Waals surface area contributed by atoms with Crippen LogP contribution in [-0.2, 0) is 39.3 Å². The topological polar surface area (TPSA) is 71.1 Å². The van der Waals surface area contributed by atoms with Gasteiger partial charge in [-0.05, 0) is 98.8 Å². The lowest BCUT2D eigenvalue weighted by molar-refractivity contribution is -0.176. The van der Waals surface area contributed by atoms with Crippen LogP contribution in [0.5, 0.6) is 0 Å². The summed E-state index contributed by atoms with van der Waals surface area (Å²) in [6, 6.07) is 11.7. The van der Waals surface area contributed by atoms with Crippen molar-refractivity contribution in [3.8, 4) is 0 Å². The van der Waals surface area contributed by atoms with Gasteiger partial charge in [-0.25, -0.2) is 0 Å². The molecule has 0 atom stereocenters. The SMILES string of the molecule is CCOC(OCC)(P=O)c1ccc2c(Br)c3cc(CP(=O)(OCC)OCC)ccc3c(Br)c2c1. The van der Waals surface area contributed by atoms with E-state index in [2.05, 4.69) is 31.9 Å². The van der Waals surface area contributed by atoms with E-state index < -0.39 is 13.1 Å². The molecule has 0 amide bonds. The highest BCUT2D eigenvalue weighted by molar-refractivity contribution is 9.11. The zero-order valence-corrected chi connectivity index (χ0v) is 24.6. The molecule has 0 aliphatic carbocycles. The van der Waals surface area contributed by atoms with E-state index in [1.165, 1.54) is 0 Å². The predicted molar refractivity (Wildman–Crippen MR) is 144 cm³/mol. The van der Waals surface area contributed by atoms with Gasteiger partial charge in [0.2, 0.25) is 8.46 Å². The molecule has 0 aromatic heterocycles. The molecule has 0 fully saturated rings. The van der Waals surface area contributed by atoms with Gasteiger partial charge in [-0.1, -0.05) is 24.3 Å². The van der Waals surface area contributed by atoms with Gasteiger partial charge in [0.25, 0.3) is 5.53 Å². The van der Waals surface area contributed by atoms with Gasteiger partial charge in [0.1, 0.15) is 0 Å². The van der Waals surface area contributed by atoms with Crippen molar-refractivity contribution in [2.75, 3.05) is 26.4 Å². The third-order valence-corrected chi connectivity index (χ3v) is 9.76. The van der Waals surface area contributed by atoms with Crippen LogP contribution in [0.2, 0.25) is 0 Å². The Hall–Kier alpha value is -0.690. The Bertz CT molecular complexity index is 1220. The van der Waals surface area contributed by atoms with E-state index in [0.29, 0.717) is 32.0 Å². The van der Waals surface area contributed by atoms with E-state index in [9.17, 15) is 9.13 Å². The molecule has 184 valence electrons. The van der Waals surface area contributed by atoms with Gasteiger partial charge >= 0.3 is 7.60 Å². The maximum Gasteiger partial charge on any atom is 0.335 e. The van der Waals surface area contributed by atoms with Gasteiger partial charge < -0.3 is 18.5 Å². The molecule has 10 heteroatoms. The molecular weight excluding hydrogens is 606 g/mol. The average Bonchev–Trinajstić information content (AvgIpc) is 2.82. The number of ether oxygens (including phenoxy) is 2. The minimum absolute atomic E-state index is 0.194. The number of halogens is 2. The first-order chi connectivity index (χ1) is 16.3. The quantitative estimate of drug-likeness (QED) is 0.113. The van der Waals surface area contributed by atoms with E-state index in [0.717, 1.165) is 36.1 Å². The molecular formula is C24H28Br2O6P2. The number of fused-ring (bicyclic) bond motifs is 2. The molecule has 0 heterocycles. The molecule has 0 radical (unpaired) electrons. The summed E-state index contributed by atoms with van der Waals surface area (Å²) >= 11 is 7.53. The summed E-state index contributed by atoms with van der Waals surface area (Å²) in [5, 5.41) is 3.82. The summed E-state index contributed by atoms with van der Waals surface area (Å²) in [6.45, 7) is 8.64. The fourth-order valence-electron chi connectivity index (χ4n) is 3.92. The molecule has 3 aromatic carbocycles. The Labute approximate surface area is 218 Å². The lowest BCUT2D eigenvalue weighted by Crippen LogP contribution is -2.27. The van der Waals surface area contributed by atoms with Crippen LogP contribution in [0.1, 0.15) is 38.8 Å². The molecule has 3 rings (SSSR count). The standard InChI is InChI=1S/C24H28Br2O6P2/c1-5-29-24(33-27,30-6-2)17-10-12-19-21(14-17)23(26)18-11-9-16(13-20(18)22(19)25)15-34(28,31-7-3)32-8-4/h9-14H,5-8,15H2,1-4H3. The van der Waals surface area contributed by atoms with Crippen LogP contribution in [0.4, 0.5) is 0 Å².